The van der Waals surface area contributed by atoms with Crippen molar-refractivity contribution in [1.82, 2.24) is 0 Å². The molecule has 2 N–H and O–H groups in total. The number of amides is 1. The predicted molar refractivity (Wildman–Crippen MR) is 84.5 cm³/mol. The Balaban J connectivity index is 2.26. The molecule has 0 saturated carbocycles. The van der Waals surface area contributed by atoms with Crippen molar-refractivity contribution >= 4 is 23.2 Å². The first kappa shape index (κ1) is 15.1. The number of benzene rings is 2. The second kappa shape index (κ2) is 6.94. The van der Waals surface area contributed by atoms with E-state index in [1.807, 2.05) is 13.0 Å². The molecule has 106 valence electrons. The van der Waals surface area contributed by atoms with Gasteiger partial charge in [0.15, 0.2) is 0 Å². The fourth-order valence-corrected chi connectivity index (χ4v) is 1.97. The molecule has 0 aliphatic carbocycles. The van der Waals surface area contributed by atoms with E-state index in [0.717, 1.165) is 11.1 Å². The van der Waals surface area contributed by atoms with Crippen molar-refractivity contribution in [2.75, 3.05) is 11.9 Å². The SMILES string of the molecule is Cc1ccc(C(=O)Nc2ccccc2Cl)cc1C#CCO. The Bertz CT molecular complexity index is 729. The quantitative estimate of drug-likeness (QED) is 0.836. The summed E-state index contributed by atoms with van der Waals surface area (Å²) in [6, 6.07) is 12.3. The molecule has 1 amide bonds. The van der Waals surface area contributed by atoms with Crippen LogP contribution in [0.1, 0.15) is 21.5 Å². The first-order valence-corrected chi connectivity index (χ1v) is 6.76. The Morgan fingerprint density at radius 3 is 2.76 bits per heavy atom. The van der Waals surface area contributed by atoms with Crippen molar-refractivity contribution in [3.8, 4) is 11.8 Å². The molecule has 2 rings (SSSR count). The lowest BCUT2D eigenvalue weighted by Gasteiger charge is -2.08. The smallest absolute Gasteiger partial charge is 0.255 e. The average molecular weight is 300 g/mol. The molecule has 2 aromatic carbocycles. The summed E-state index contributed by atoms with van der Waals surface area (Å²) < 4.78 is 0. The first-order valence-electron chi connectivity index (χ1n) is 6.38. The van der Waals surface area contributed by atoms with Crippen LogP contribution in [-0.4, -0.2) is 17.6 Å². The molecule has 21 heavy (non-hydrogen) atoms. The summed E-state index contributed by atoms with van der Waals surface area (Å²) >= 11 is 6.02. The Labute approximate surface area is 128 Å². The second-order valence-electron chi connectivity index (χ2n) is 4.42. The van der Waals surface area contributed by atoms with Crippen molar-refractivity contribution in [2.45, 2.75) is 6.92 Å². The molecule has 3 nitrogen and oxygen atoms in total. The largest absolute Gasteiger partial charge is 0.384 e. The molecule has 0 aromatic heterocycles. The van der Waals surface area contributed by atoms with Crippen LogP contribution in [0.5, 0.6) is 0 Å². The van der Waals surface area contributed by atoms with Gasteiger partial charge in [-0.25, -0.2) is 0 Å². The van der Waals surface area contributed by atoms with Crippen molar-refractivity contribution in [1.29, 1.82) is 0 Å². The summed E-state index contributed by atoms with van der Waals surface area (Å²) in [6.07, 6.45) is 0. The highest BCUT2D eigenvalue weighted by Crippen LogP contribution is 2.21. The topological polar surface area (TPSA) is 49.3 Å². The normalized spacial score (nSPS) is 9.67. The van der Waals surface area contributed by atoms with E-state index >= 15 is 0 Å². The molecule has 0 aliphatic heterocycles. The van der Waals surface area contributed by atoms with Crippen LogP contribution in [0.2, 0.25) is 5.02 Å². The van der Waals surface area contributed by atoms with Crippen molar-refractivity contribution in [3.63, 3.8) is 0 Å². The number of carbonyl (C=O) groups excluding carboxylic acids is 1. The lowest BCUT2D eigenvalue weighted by molar-refractivity contribution is 0.102. The number of rotatable bonds is 2. The number of anilines is 1. The van der Waals surface area contributed by atoms with E-state index in [1.165, 1.54) is 0 Å². The number of aryl methyl sites for hydroxylation is 1. The Morgan fingerprint density at radius 1 is 1.29 bits per heavy atom. The summed E-state index contributed by atoms with van der Waals surface area (Å²) in [4.78, 5) is 12.2. The highest BCUT2D eigenvalue weighted by Gasteiger charge is 2.09. The van der Waals surface area contributed by atoms with E-state index in [4.69, 9.17) is 16.7 Å². The highest BCUT2D eigenvalue weighted by atomic mass is 35.5. The maximum atomic E-state index is 12.2. The van der Waals surface area contributed by atoms with E-state index in [0.29, 0.717) is 16.3 Å². The highest BCUT2D eigenvalue weighted by molar-refractivity contribution is 6.33. The number of para-hydroxylation sites is 1. The molecule has 0 bridgehead atoms. The van der Waals surface area contributed by atoms with Gasteiger partial charge in [-0.15, -0.1) is 0 Å². The lowest BCUT2D eigenvalue weighted by atomic mass is 10.0. The number of hydrogen-bond acceptors (Lipinski definition) is 2. The van der Waals surface area contributed by atoms with Gasteiger partial charge in [-0.1, -0.05) is 41.6 Å². The van der Waals surface area contributed by atoms with E-state index in [2.05, 4.69) is 17.2 Å². The molecule has 0 fully saturated rings. The monoisotopic (exact) mass is 299 g/mol. The van der Waals surface area contributed by atoms with Crippen molar-refractivity contribution in [3.05, 3.63) is 64.2 Å². The standard InChI is InChI=1S/C17H14ClNO2/c1-12-8-9-14(11-13(12)5-4-10-20)17(21)19-16-7-3-2-6-15(16)18/h2-3,6-9,11,20H,10H2,1H3,(H,19,21). The number of nitrogens with one attached hydrogen (secondary N) is 1. The first-order chi connectivity index (χ1) is 10.1. The van der Waals surface area contributed by atoms with E-state index in [1.54, 1.807) is 36.4 Å². The summed E-state index contributed by atoms with van der Waals surface area (Å²) in [5, 5.41) is 12.0. The lowest BCUT2D eigenvalue weighted by Crippen LogP contribution is -2.12. The number of aliphatic hydroxyl groups is 1. The number of aliphatic hydroxyl groups excluding tert-OH is 1. The van der Waals surface area contributed by atoms with Crippen LogP contribution in [0.4, 0.5) is 5.69 Å². The maximum absolute atomic E-state index is 12.2. The van der Waals surface area contributed by atoms with Gasteiger partial charge in [-0.05, 0) is 36.8 Å². The van der Waals surface area contributed by atoms with E-state index < -0.39 is 0 Å². The number of carbonyl (C=O) groups is 1. The zero-order valence-electron chi connectivity index (χ0n) is 11.5. The Kier molecular flexibility index (Phi) is 4.99. The van der Waals surface area contributed by atoms with Crippen molar-refractivity contribution in [2.24, 2.45) is 0 Å². The van der Waals surface area contributed by atoms with Gasteiger partial charge in [0.05, 0.1) is 10.7 Å². The Morgan fingerprint density at radius 2 is 2.05 bits per heavy atom. The predicted octanol–water partition coefficient (Wildman–Crippen LogP) is 3.24. The molecule has 0 aliphatic rings. The van der Waals surface area contributed by atoms with E-state index in [9.17, 15) is 4.79 Å². The van der Waals surface area contributed by atoms with Gasteiger partial charge in [0.1, 0.15) is 6.61 Å². The van der Waals surface area contributed by atoms with Crippen LogP contribution in [-0.2, 0) is 0 Å². The summed E-state index contributed by atoms with van der Waals surface area (Å²) in [7, 11) is 0. The average Bonchev–Trinajstić information content (AvgIpc) is 2.48. The van der Waals surface area contributed by atoms with Gasteiger partial charge in [0.2, 0.25) is 0 Å². The van der Waals surface area contributed by atoms with Crippen LogP contribution in [0.15, 0.2) is 42.5 Å². The molecular formula is C17H14ClNO2. The minimum absolute atomic E-state index is 0.213. The molecular weight excluding hydrogens is 286 g/mol. The fourth-order valence-electron chi connectivity index (χ4n) is 1.79. The second-order valence-corrected chi connectivity index (χ2v) is 4.83. The molecule has 0 unspecified atom stereocenters. The third-order valence-corrected chi connectivity index (χ3v) is 3.25. The van der Waals surface area contributed by atoms with Crippen LogP contribution in [0, 0.1) is 18.8 Å². The minimum atomic E-state index is -0.254. The van der Waals surface area contributed by atoms with Crippen LogP contribution >= 0.6 is 11.6 Å². The molecule has 4 heteroatoms. The van der Waals surface area contributed by atoms with Gasteiger partial charge in [-0.2, -0.15) is 0 Å². The molecule has 0 saturated heterocycles. The van der Waals surface area contributed by atoms with Gasteiger partial charge >= 0.3 is 0 Å². The van der Waals surface area contributed by atoms with Gasteiger partial charge in [-0.3, -0.25) is 4.79 Å². The van der Waals surface area contributed by atoms with Gasteiger partial charge in [0, 0.05) is 11.1 Å². The fraction of sp³-hybridized carbons (Fsp3) is 0.118. The molecule has 2 aromatic rings. The minimum Gasteiger partial charge on any atom is -0.384 e. The maximum Gasteiger partial charge on any atom is 0.255 e. The third-order valence-electron chi connectivity index (χ3n) is 2.92. The molecule has 0 heterocycles. The molecule has 0 radical (unpaired) electrons. The Hall–Kier alpha value is -2.28. The summed E-state index contributed by atoms with van der Waals surface area (Å²) in [6.45, 7) is 1.69. The van der Waals surface area contributed by atoms with Crippen molar-refractivity contribution < 1.29 is 9.90 Å². The van der Waals surface area contributed by atoms with Crippen LogP contribution < -0.4 is 5.32 Å². The van der Waals surface area contributed by atoms with E-state index in [-0.39, 0.29) is 12.5 Å². The van der Waals surface area contributed by atoms with Gasteiger partial charge < -0.3 is 10.4 Å². The molecule has 0 spiro atoms. The summed E-state index contributed by atoms with van der Waals surface area (Å²) in [5.74, 6) is 5.16. The molecule has 0 atom stereocenters. The zero-order chi connectivity index (χ0) is 15.2. The summed E-state index contributed by atoms with van der Waals surface area (Å²) in [5.41, 5.74) is 2.72. The van der Waals surface area contributed by atoms with Crippen LogP contribution in [0.3, 0.4) is 0 Å². The third kappa shape index (κ3) is 3.85. The van der Waals surface area contributed by atoms with Crippen LogP contribution in [0.25, 0.3) is 0 Å². The number of hydrogen-bond donors (Lipinski definition) is 2. The van der Waals surface area contributed by atoms with Gasteiger partial charge in [0.25, 0.3) is 5.91 Å². The number of halogens is 1. The zero-order valence-corrected chi connectivity index (χ0v) is 12.2.